The molecular formula is C10H11ClN4O2S. The average molecular weight is 287 g/mol. The van der Waals surface area contributed by atoms with Gasteiger partial charge < -0.3 is 4.57 Å². The van der Waals surface area contributed by atoms with Crippen molar-refractivity contribution >= 4 is 27.3 Å². The quantitative estimate of drug-likeness (QED) is 0.929. The number of hydrogen-bond acceptors (Lipinski definition) is 4. The maximum atomic E-state index is 12.1. The van der Waals surface area contributed by atoms with Gasteiger partial charge in [-0.05, 0) is 18.6 Å². The van der Waals surface area contributed by atoms with Crippen molar-refractivity contribution in [2.45, 2.75) is 11.9 Å². The molecule has 96 valence electrons. The highest BCUT2D eigenvalue weighted by Gasteiger charge is 2.22. The van der Waals surface area contributed by atoms with Gasteiger partial charge in [0.2, 0.25) is 5.03 Å². The summed E-state index contributed by atoms with van der Waals surface area (Å²) in [5.41, 5.74) is 1.17. The second-order valence-electron chi connectivity index (χ2n) is 3.75. The third-order valence-electron chi connectivity index (χ3n) is 2.35. The van der Waals surface area contributed by atoms with Crippen LogP contribution < -0.4 is 4.72 Å². The molecule has 0 bridgehead atoms. The van der Waals surface area contributed by atoms with Crippen molar-refractivity contribution in [1.82, 2.24) is 14.5 Å². The number of nitrogens with one attached hydrogen (secondary N) is 1. The Hall–Kier alpha value is -1.60. The number of rotatable bonds is 3. The number of anilines is 1. The lowest BCUT2D eigenvalue weighted by molar-refractivity contribution is 0.598. The van der Waals surface area contributed by atoms with Crippen molar-refractivity contribution < 1.29 is 8.42 Å². The van der Waals surface area contributed by atoms with E-state index in [9.17, 15) is 8.42 Å². The summed E-state index contributed by atoms with van der Waals surface area (Å²) in [5.74, 6) is 0. The topological polar surface area (TPSA) is 76.9 Å². The van der Waals surface area contributed by atoms with Gasteiger partial charge in [-0.15, -0.1) is 0 Å². The minimum atomic E-state index is -3.79. The standard InChI is InChI=1S/C10H11ClN4O2S/c1-7-5-12-4-3-8(7)14-18(16,17)10-9(11)15(2)6-13-10/h3-6H,1-2H3,(H,12,14). The summed E-state index contributed by atoms with van der Waals surface area (Å²) in [5, 5.41) is -0.128. The van der Waals surface area contributed by atoms with Crippen LogP contribution in [0.4, 0.5) is 5.69 Å². The van der Waals surface area contributed by atoms with Gasteiger partial charge in [0, 0.05) is 19.4 Å². The SMILES string of the molecule is Cc1cnccc1NS(=O)(=O)c1ncn(C)c1Cl. The molecule has 1 N–H and O–H groups in total. The Morgan fingerprint density at radius 1 is 1.44 bits per heavy atom. The van der Waals surface area contributed by atoms with E-state index in [2.05, 4.69) is 14.7 Å². The molecule has 0 aliphatic rings. The first-order chi connectivity index (χ1) is 8.42. The highest BCUT2D eigenvalue weighted by Crippen LogP contribution is 2.22. The van der Waals surface area contributed by atoms with Gasteiger partial charge in [0.1, 0.15) is 5.15 Å². The van der Waals surface area contributed by atoms with E-state index in [0.717, 1.165) is 0 Å². The predicted molar refractivity (Wildman–Crippen MR) is 68.0 cm³/mol. The van der Waals surface area contributed by atoms with E-state index < -0.39 is 10.0 Å². The molecule has 0 unspecified atom stereocenters. The van der Waals surface area contributed by atoms with Crippen LogP contribution in [0.5, 0.6) is 0 Å². The number of sulfonamides is 1. The maximum Gasteiger partial charge on any atom is 0.282 e. The van der Waals surface area contributed by atoms with Crippen LogP contribution in [0.3, 0.4) is 0 Å². The second kappa shape index (κ2) is 4.58. The van der Waals surface area contributed by atoms with Crippen molar-refractivity contribution in [3.63, 3.8) is 0 Å². The smallest absolute Gasteiger partial charge is 0.282 e. The number of hydrogen-bond donors (Lipinski definition) is 1. The summed E-state index contributed by atoms with van der Waals surface area (Å²) in [7, 11) is -2.17. The number of aromatic nitrogens is 3. The van der Waals surface area contributed by atoms with E-state index in [1.54, 1.807) is 26.2 Å². The van der Waals surface area contributed by atoms with E-state index in [1.807, 2.05) is 0 Å². The molecule has 2 aromatic rings. The number of halogens is 1. The highest BCUT2D eigenvalue weighted by molar-refractivity contribution is 7.92. The van der Waals surface area contributed by atoms with Crippen molar-refractivity contribution in [3.8, 4) is 0 Å². The molecule has 0 aliphatic carbocycles. The van der Waals surface area contributed by atoms with Crippen LogP contribution in [-0.2, 0) is 17.1 Å². The molecule has 0 spiro atoms. The molecule has 0 saturated heterocycles. The van der Waals surface area contributed by atoms with Gasteiger partial charge in [-0.3, -0.25) is 9.71 Å². The van der Waals surface area contributed by atoms with Crippen LogP contribution in [0.1, 0.15) is 5.56 Å². The molecule has 0 aromatic carbocycles. The number of pyridine rings is 1. The van der Waals surface area contributed by atoms with Crippen molar-refractivity contribution in [2.24, 2.45) is 7.05 Å². The van der Waals surface area contributed by atoms with Crippen LogP contribution in [0.2, 0.25) is 5.15 Å². The Labute approximate surface area is 110 Å². The second-order valence-corrected chi connectivity index (χ2v) is 5.70. The van der Waals surface area contributed by atoms with Gasteiger partial charge in [-0.2, -0.15) is 8.42 Å². The lowest BCUT2D eigenvalue weighted by Gasteiger charge is -2.08. The Kier molecular flexibility index (Phi) is 3.27. The first kappa shape index (κ1) is 12.8. The molecule has 2 rings (SSSR count). The van der Waals surface area contributed by atoms with E-state index in [1.165, 1.54) is 17.1 Å². The van der Waals surface area contributed by atoms with E-state index in [0.29, 0.717) is 11.3 Å². The minimum absolute atomic E-state index is 0.0641. The Balaban J connectivity index is 2.40. The molecule has 0 aliphatic heterocycles. The summed E-state index contributed by atoms with van der Waals surface area (Å²) in [4.78, 5) is 7.67. The van der Waals surface area contributed by atoms with Crippen LogP contribution in [-0.4, -0.2) is 23.0 Å². The lowest BCUT2D eigenvalue weighted by Crippen LogP contribution is -2.14. The molecule has 0 radical (unpaired) electrons. The van der Waals surface area contributed by atoms with Crippen LogP contribution in [0.25, 0.3) is 0 Å². The van der Waals surface area contributed by atoms with Gasteiger partial charge in [-0.25, -0.2) is 4.98 Å². The van der Waals surface area contributed by atoms with Gasteiger partial charge in [0.25, 0.3) is 10.0 Å². The highest BCUT2D eigenvalue weighted by atomic mass is 35.5. The van der Waals surface area contributed by atoms with E-state index in [4.69, 9.17) is 11.6 Å². The number of nitrogens with zero attached hydrogens (tertiary/aromatic N) is 3. The molecule has 8 heteroatoms. The fraction of sp³-hybridized carbons (Fsp3) is 0.200. The van der Waals surface area contributed by atoms with Crippen LogP contribution in [0, 0.1) is 6.92 Å². The predicted octanol–water partition coefficient (Wildman–Crippen LogP) is 1.58. The van der Waals surface area contributed by atoms with Gasteiger partial charge in [0.05, 0.1) is 12.0 Å². The maximum absolute atomic E-state index is 12.1. The third kappa shape index (κ3) is 2.32. The first-order valence-electron chi connectivity index (χ1n) is 5.02. The Morgan fingerprint density at radius 2 is 2.17 bits per heavy atom. The Bertz CT molecular complexity index is 681. The van der Waals surface area contributed by atoms with Crippen molar-refractivity contribution in [2.75, 3.05) is 4.72 Å². The molecule has 2 heterocycles. The van der Waals surface area contributed by atoms with Crippen molar-refractivity contribution in [1.29, 1.82) is 0 Å². The summed E-state index contributed by atoms with van der Waals surface area (Å²) in [6, 6.07) is 1.57. The molecule has 6 nitrogen and oxygen atoms in total. The fourth-order valence-corrected chi connectivity index (χ4v) is 2.92. The molecule has 18 heavy (non-hydrogen) atoms. The summed E-state index contributed by atoms with van der Waals surface area (Å²) < 4.78 is 28.0. The molecule has 0 saturated carbocycles. The monoisotopic (exact) mass is 286 g/mol. The molecular weight excluding hydrogens is 276 g/mol. The zero-order valence-electron chi connectivity index (χ0n) is 9.75. The molecule has 0 fully saturated rings. The molecule has 2 aromatic heterocycles. The van der Waals surface area contributed by atoms with Crippen molar-refractivity contribution in [3.05, 3.63) is 35.5 Å². The van der Waals surface area contributed by atoms with Crippen LogP contribution in [0.15, 0.2) is 29.8 Å². The summed E-state index contributed by atoms with van der Waals surface area (Å²) >= 11 is 5.87. The number of imidazole rings is 1. The third-order valence-corrected chi connectivity index (χ3v) is 4.21. The van der Waals surface area contributed by atoms with Crippen LogP contribution >= 0.6 is 11.6 Å². The molecule has 0 atom stereocenters. The Morgan fingerprint density at radius 3 is 2.72 bits per heavy atom. The molecule has 0 amide bonds. The van der Waals surface area contributed by atoms with E-state index in [-0.39, 0.29) is 10.2 Å². The zero-order valence-corrected chi connectivity index (χ0v) is 11.3. The normalized spacial score (nSPS) is 11.5. The zero-order chi connectivity index (χ0) is 13.3. The van der Waals surface area contributed by atoms with Gasteiger partial charge >= 0.3 is 0 Å². The average Bonchev–Trinajstić information content (AvgIpc) is 2.63. The minimum Gasteiger partial charge on any atom is -0.324 e. The summed E-state index contributed by atoms with van der Waals surface area (Å²) in [6.07, 6.45) is 4.42. The van der Waals surface area contributed by atoms with Gasteiger partial charge in [-0.1, -0.05) is 11.6 Å². The first-order valence-corrected chi connectivity index (χ1v) is 6.88. The lowest BCUT2D eigenvalue weighted by atomic mass is 10.3. The fourth-order valence-electron chi connectivity index (χ4n) is 1.36. The largest absolute Gasteiger partial charge is 0.324 e. The summed E-state index contributed by atoms with van der Waals surface area (Å²) in [6.45, 7) is 1.75. The van der Waals surface area contributed by atoms with Gasteiger partial charge in [0.15, 0.2) is 0 Å². The van der Waals surface area contributed by atoms with E-state index >= 15 is 0 Å². The number of aryl methyl sites for hydroxylation is 2.